The third kappa shape index (κ3) is 11.3. The molecule has 0 fully saturated rings. The predicted molar refractivity (Wildman–Crippen MR) is 56.6 cm³/mol. The van der Waals surface area contributed by atoms with E-state index in [1.54, 1.807) is 0 Å². The van der Waals surface area contributed by atoms with Crippen molar-refractivity contribution in [3.63, 3.8) is 0 Å². The Kier molecular flexibility index (Phi) is 9.21. The van der Waals surface area contributed by atoms with Crippen LogP contribution in [-0.2, 0) is 26.7 Å². The van der Waals surface area contributed by atoms with Gasteiger partial charge in [-0.3, -0.25) is 13.4 Å². The van der Waals surface area contributed by atoms with Gasteiger partial charge in [-0.05, 0) is 19.3 Å². The maximum absolute atomic E-state index is 10.5. The molecule has 1 unspecified atom stereocenters. The Labute approximate surface area is 108 Å². The van der Waals surface area contributed by atoms with Crippen molar-refractivity contribution >= 4 is 27.5 Å². The van der Waals surface area contributed by atoms with E-state index in [-0.39, 0.29) is 13.2 Å². The number of unbranched alkanes of at least 4 members (excludes halogenated alkanes) is 1. The molecule has 0 aromatic heterocycles. The molecule has 18 heavy (non-hydrogen) atoms. The van der Waals surface area contributed by atoms with Crippen molar-refractivity contribution in [1.29, 1.82) is 0 Å². The van der Waals surface area contributed by atoms with Crippen LogP contribution in [0, 0.1) is 0 Å². The van der Waals surface area contributed by atoms with E-state index in [1.165, 1.54) is 0 Å². The summed E-state index contributed by atoms with van der Waals surface area (Å²) in [6.07, 6.45) is 0.484. The van der Waals surface area contributed by atoms with Crippen molar-refractivity contribution < 1.29 is 41.1 Å². The average molecular weight is 314 g/mol. The average Bonchev–Trinajstić information content (AvgIpc) is 2.23. The zero-order valence-corrected chi connectivity index (χ0v) is 12.4. The van der Waals surface area contributed by atoms with Crippen LogP contribution in [0.1, 0.15) is 19.3 Å². The number of hydrogen-bond acceptors (Lipinski definition) is 6. The molecule has 9 nitrogen and oxygen atoms in total. The van der Waals surface area contributed by atoms with E-state index in [0.29, 0.717) is 19.3 Å². The van der Waals surface area contributed by atoms with Gasteiger partial charge in [-0.2, -0.15) is 0 Å². The molecule has 0 radical (unpaired) electrons. The molecule has 12 heteroatoms. The van der Waals surface area contributed by atoms with Crippen LogP contribution >= 0.6 is 0 Å². The highest BCUT2D eigenvalue weighted by Crippen LogP contribution is 2.06. The van der Waals surface area contributed by atoms with E-state index in [2.05, 4.69) is 13.3 Å². The summed E-state index contributed by atoms with van der Waals surface area (Å²) in [5.74, 6) is 0. The monoisotopic (exact) mass is 314 g/mol. The van der Waals surface area contributed by atoms with Crippen LogP contribution in [-0.4, -0.2) is 61.2 Å². The smallest absolute Gasteiger partial charge is 0.511 e. The van der Waals surface area contributed by atoms with E-state index in [1.807, 2.05) is 0 Å². The molecule has 0 aromatic rings. The first-order valence-corrected chi connectivity index (χ1v) is 8.82. The molecule has 0 saturated heterocycles. The van der Waals surface area contributed by atoms with Crippen LogP contribution in [0.5, 0.6) is 0 Å². The molecule has 104 valence electrons. The lowest BCUT2D eigenvalue weighted by molar-refractivity contribution is 0.0723. The molecule has 0 bridgehead atoms. The second kappa shape index (κ2) is 9.84. The number of hydrogen-bond donors (Lipinski definition) is 3. The fraction of sp³-hybridized carbons (Fsp3) is 1.00. The van der Waals surface area contributed by atoms with Gasteiger partial charge in [-0.15, -0.1) is 0 Å². The highest BCUT2D eigenvalue weighted by Gasteiger charge is 2.18. The molecule has 0 heterocycles. The molecule has 0 aliphatic rings. The van der Waals surface area contributed by atoms with E-state index in [9.17, 15) is 13.4 Å². The molecular formula is C6H14O9Si3. The molecule has 1 atom stereocenters. The van der Waals surface area contributed by atoms with E-state index < -0.39 is 33.6 Å². The van der Waals surface area contributed by atoms with Gasteiger partial charge in [0.15, 0.2) is 0 Å². The first-order chi connectivity index (χ1) is 8.41. The molecule has 0 amide bonds. The molecule has 3 N–H and O–H groups in total. The molecule has 0 spiro atoms. The van der Waals surface area contributed by atoms with Gasteiger partial charge in [0.1, 0.15) is 12.7 Å². The summed E-state index contributed by atoms with van der Waals surface area (Å²) in [6, 6.07) is 0. The van der Waals surface area contributed by atoms with Crippen molar-refractivity contribution in [2.75, 3.05) is 13.2 Å². The molecular weight excluding hydrogens is 300 g/mol. The Balaban J connectivity index is 3.81. The normalized spacial score (nSPS) is 11.3. The lowest BCUT2D eigenvalue weighted by Crippen LogP contribution is -2.26. The standard InChI is InChI=1S/C6H14O9Si3/c7-16(8)13-4-2-1-3-6(15-18(11)12)5-14-17(9)10/h6-7,9,11H,1-5H2. The van der Waals surface area contributed by atoms with Gasteiger partial charge in [0.25, 0.3) is 0 Å². The fourth-order valence-electron chi connectivity index (χ4n) is 1.12. The van der Waals surface area contributed by atoms with Crippen molar-refractivity contribution in [2.24, 2.45) is 0 Å². The third-order valence-electron chi connectivity index (χ3n) is 1.81. The summed E-state index contributed by atoms with van der Waals surface area (Å²) in [5, 5.41) is 0. The van der Waals surface area contributed by atoms with Crippen LogP contribution in [0.2, 0.25) is 0 Å². The highest BCUT2D eigenvalue weighted by molar-refractivity contribution is 6.24. The SMILES string of the molecule is O=[Si](O)OCCCCC(CO[Si](=O)O)O[Si](=O)O. The Morgan fingerprint density at radius 2 is 1.50 bits per heavy atom. The largest absolute Gasteiger partial charge is 0.764 e. The van der Waals surface area contributed by atoms with Gasteiger partial charge < -0.3 is 27.7 Å². The van der Waals surface area contributed by atoms with Crippen molar-refractivity contribution in [2.45, 2.75) is 25.4 Å². The van der Waals surface area contributed by atoms with Crippen molar-refractivity contribution in [3.8, 4) is 0 Å². The Bertz CT molecular complexity index is 296. The molecule has 0 aliphatic carbocycles. The van der Waals surface area contributed by atoms with Crippen LogP contribution in [0.25, 0.3) is 0 Å². The zero-order valence-electron chi connectivity index (χ0n) is 9.40. The van der Waals surface area contributed by atoms with E-state index in [4.69, 9.17) is 14.4 Å². The molecule has 0 rings (SSSR count). The molecule has 0 aromatic carbocycles. The first-order valence-electron chi connectivity index (χ1n) is 5.03. The highest BCUT2D eigenvalue weighted by atomic mass is 28.3. The predicted octanol–water partition coefficient (Wildman–Crippen LogP) is -2.20. The maximum atomic E-state index is 10.5. The summed E-state index contributed by atoms with van der Waals surface area (Å²) >= 11 is 0. The summed E-state index contributed by atoms with van der Waals surface area (Å²) in [6.45, 7) is -0.171. The van der Waals surface area contributed by atoms with Gasteiger partial charge in [0.05, 0.1) is 6.61 Å². The molecule has 0 saturated carbocycles. The van der Waals surface area contributed by atoms with Crippen molar-refractivity contribution in [3.05, 3.63) is 0 Å². The minimum Gasteiger partial charge on any atom is -0.511 e. The van der Waals surface area contributed by atoms with Crippen LogP contribution in [0.4, 0.5) is 0 Å². The van der Waals surface area contributed by atoms with Crippen LogP contribution in [0.15, 0.2) is 0 Å². The lowest BCUT2D eigenvalue weighted by atomic mass is 10.2. The minimum atomic E-state index is -3.15. The number of rotatable bonds is 11. The molecule has 0 aliphatic heterocycles. The van der Waals surface area contributed by atoms with Crippen molar-refractivity contribution in [1.82, 2.24) is 0 Å². The van der Waals surface area contributed by atoms with Gasteiger partial charge in [-0.1, -0.05) is 0 Å². The second-order valence-electron chi connectivity index (χ2n) is 3.19. The zero-order chi connectivity index (χ0) is 14.0. The summed E-state index contributed by atoms with van der Waals surface area (Å²) in [7, 11) is -9.20. The van der Waals surface area contributed by atoms with Gasteiger partial charge in [0.2, 0.25) is 0 Å². The summed E-state index contributed by atoms with van der Waals surface area (Å²) < 4.78 is 44.6. The Hall–Kier alpha value is -1.15. The Morgan fingerprint density at radius 3 is 2.00 bits per heavy atom. The summed E-state index contributed by atoms with van der Waals surface area (Å²) in [5.41, 5.74) is 0. The Morgan fingerprint density at radius 1 is 0.889 bits per heavy atom. The van der Waals surface area contributed by atoms with Gasteiger partial charge in [0, 0.05) is 0 Å². The van der Waals surface area contributed by atoms with Crippen LogP contribution < -0.4 is 0 Å². The fourth-order valence-corrected chi connectivity index (χ4v) is 2.24. The summed E-state index contributed by atoms with van der Waals surface area (Å²) in [4.78, 5) is 25.4. The topological polar surface area (TPSA) is 140 Å². The van der Waals surface area contributed by atoms with Gasteiger partial charge >= 0.3 is 27.5 Å². The maximum Gasteiger partial charge on any atom is 0.764 e. The quantitative estimate of drug-likeness (QED) is 0.286. The second-order valence-corrected chi connectivity index (χ2v) is 5.60. The van der Waals surface area contributed by atoms with Crippen LogP contribution in [0.3, 0.4) is 0 Å². The lowest BCUT2D eigenvalue weighted by Gasteiger charge is -2.15. The van der Waals surface area contributed by atoms with E-state index in [0.717, 1.165) is 0 Å². The van der Waals surface area contributed by atoms with E-state index >= 15 is 0 Å². The van der Waals surface area contributed by atoms with Gasteiger partial charge in [-0.25, -0.2) is 0 Å². The third-order valence-corrected chi connectivity index (χ3v) is 3.21. The minimum absolute atomic E-state index is 0.0901. The first kappa shape index (κ1) is 16.9.